The van der Waals surface area contributed by atoms with Crippen molar-refractivity contribution in [2.75, 3.05) is 13.1 Å². The molecule has 15 heavy (non-hydrogen) atoms. The van der Waals surface area contributed by atoms with E-state index in [9.17, 15) is 0 Å². The van der Waals surface area contributed by atoms with Gasteiger partial charge in [-0.15, -0.1) is 0 Å². The lowest BCUT2D eigenvalue weighted by molar-refractivity contribution is 0.268. The van der Waals surface area contributed by atoms with Gasteiger partial charge < -0.3 is 5.32 Å². The van der Waals surface area contributed by atoms with Crippen LogP contribution in [0.15, 0.2) is 6.07 Å². The molecule has 1 saturated heterocycles. The topological polar surface area (TPSA) is 29.9 Å². The molecule has 1 fully saturated rings. The summed E-state index contributed by atoms with van der Waals surface area (Å²) in [5.41, 5.74) is 2.51. The van der Waals surface area contributed by atoms with Crippen molar-refractivity contribution in [1.82, 2.24) is 15.1 Å². The molecular formula is C12H21N3. The first kappa shape index (κ1) is 10.7. The lowest BCUT2D eigenvalue weighted by atomic mass is 9.84. The van der Waals surface area contributed by atoms with Gasteiger partial charge in [-0.2, -0.15) is 5.10 Å². The van der Waals surface area contributed by atoms with Crippen LogP contribution in [0, 0.1) is 18.8 Å². The summed E-state index contributed by atoms with van der Waals surface area (Å²) in [7, 11) is 2.05. The maximum Gasteiger partial charge on any atom is 0.0596 e. The summed E-state index contributed by atoms with van der Waals surface area (Å²) in [4.78, 5) is 0. The van der Waals surface area contributed by atoms with Crippen LogP contribution in [-0.2, 0) is 13.5 Å². The third-order valence-corrected chi connectivity index (χ3v) is 3.53. The van der Waals surface area contributed by atoms with Crippen LogP contribution in [0.25, 0.3) is 0 Å². The number of aromatic nitrogens is 2. The van der Waals surface area contributed by atoms with Gasteiger partial charge in [0.2, 0.25) is 0 Å². The van der Waals surface area contributed by atoms with E-state index in [0.717, 1.165) is 17.5 Å². The van der Waals surface area contributed by atoms with Crippen molar-refractivity contribution < 1.29 is 0 Å². The quantitative estimate of drug-likeness (QED) is 0.797. The van der Waals surface area contributed by atoms with Crippen LogP contribution in [0.2, 0.25) is 0 Å². The molecule has 0 amide bonds. The highest BCUT2D eigenvalue weighted by Gasteiger charge is 2.22. The number of aryl methyl sites for hydroxylation is 2. The number of piperidine rings is 1. The van der Waals surface area contributed by atoms with E-state index in [1.165, 1.54) is 31.6 Å². The first-order valence-corrected chi connectivity index (χ1v) is 5.87. The zero-order valence-electron chi connectivity index (χ0n) is 9.95. The zero-order chi connectivity index (χ0) is 10.8. The van der Waals surface area contributed by atoms with E-state index >= 15 is 0 Å². The fraction of sp³-hybridized carbons (Fsp3) is 0.750. The van der Waals surface area contributed by atoms with Gasteiger partial charge in [-0.3, -0.25) is 4.68 Å². The highest BCUT2D eigenvalue weighted by molar-refractivity contribution is 5.09. The second-order valence-corrected chi connectivity index (χ2v) is 4.83. The molecule has 3 heteroatoms. The Balaban J connectivity index is 2.04. The number of rotatable bonds is 2. The minimum atomic E-state index is 0.786. The Morgan fingerprint density at radius 2 is 2.40 bits per heavy atom. The Labute approximate surface area is 91.9 Å². The van der Waals surface area contributed by atoms with Crippen LogP contribution in [0.4, 0.5) is 0 Å². The molecule has 1 N–H and O–H groups in total. The summed E-state index contributed by atoms with van der Waals surface area (Å²) in [5, 5.41) is 7.85. The lowest BCUT2D eigenvalue weighted by Crippen LogP contribution is -2.36. The molecule has 1 aliphatic rings. The molecule has 0 bridgehead atoms. The summed E-state index contributed by atoms with van der Waals surface area (Å²) in [5.74, 6) is 1.61. The molecule has 2 heterocycles. The zero-order valence-corrected chi connectivity index (χ0v) is 9.95. The molecule has 3 nitrogen and oxygen atoms in total. The molecular weight excluding hydrogens is 186 g/mol. The van der Waals surface area contributed by atoms with Crippen molar-refractivity contribution in [3.8, 4) is 0 Å². The Kier molecular flexibility index (Phi) is 3.10. The molecule has 2 unspecified atom stereocenters. The number of hydrogen-bond acceptors (Lipinski definition) is 2. The predicted molar refractivity (Wildman–Crippen MR) is 61.8 cm³/mol. The fourth-order valence-corrected chi connectivity index (χ4v) is 2.50. The van der Waals surface area contributed by atoms with Crippen molar-refractivity contribution in [3.05, 3.63) is 17.5 Å². The Hall–Kier alpha value is -0.830. The number of hydrogen-bond donors (Lipinski definition) is 1. The van der Waals surface area contributed by atoms with Crippen molar-refractivity contribution >= 4 is 0 Å². The van der Waals surface area contributed by atoms with Gasteiger partial charge in [0, 0.05) is 12.7 Å². The van der Waals surface area contributed by atoms with E-state index in [1.807, 2.05) is 11.7 Å². The Morgan fingerprint density at radius 1 is 1.60 bits per heavy atom. The first-order chi connectivity index (χ1) is 7.16. The van der Waals surface area contributed by atoms with Crippen molar-refractivity contribution in [1.29, 1.82) is 0 Å². The molecule has 1 aliphatic heterocycles. The van der Waals surface area contributed by atoms with Crippen molar-refractivity contribution in [3.63, 3.8) is 0 Å². The molecule has 2 atom stereocenters. The summed E-state index contributed by atoms with van der Waals surface area (Å²) in [6.45, 7) is 6.75. The SMILES string of the molecule is Cc1cc(CC2CCNCC2C)n(C)n1. The largest absolute Gasteiger partial charge is 0.316 e. The van der Waals surface area contributed by atoms with Gasteiger partial charge in [-0.25, -0.2) is 0 Å². The van der Waals surface area contributed by atoms with Crippen LogP contribution in [-0.4, -0.2) is 22.9 Å². The summed E-state index contributed by atoms with van der Waals surface area (Å²) in [6, 6.07) is 2.22. The second kappa shape index (κ2) is 4.35. The molecule has 1 aromatic rings. The van der Waals surface area contributed by atoms with Gasteiger partial charge in [-0.1, -0.05) is 6.92 Å². The Bertz CT molecular complexity index is 330. The highest BCUT2D eigenvalue weighted by atomic mass is 15.3. The van der Waals surface area contributed by atoms with E-state index in [-0.39, 0.29) is 0 Å². The van der Waals surface area contributed by atoms with Crippen LogP contribution >= 0.6 is 0 Å². The monoisotopic (exact) mass is 207 g/mol. The number of nitrogens with one attached hydrogen (secondary N) is 1. The van der Waals surface area contributed by atoms with Crippen LogP contribution < -0.4 is 5.32 Å². The molecule has 0 radical (unpaired) electrons. The van der Waals surface area contributed by atoms with Gasteiger partial charge in [-0.05, 0) is 50.8 Å². The normalized spacial score (nSPS) is 26.9. The standard InChI is InChI=1S/C12H21N3/c1-9-8-13-5-4-11(9)7-12-6-10(2)14-15(12)3/h6,9,11,13H,4-5,7-8H2,1-3H3. The van der Waals surface area contributed by atoms with Crippen LogP contribution in [0.5, 0.6) is 0 Å². The molecule has 1 aromatic heterocycles. The second-order valence-electron chi connectivity index (χ2n) is 4.83. The van der Waals surface area contributed by atoms with E-state index in [4.69, 9.17) is 0 Å². The first-order valence-electron chi connectivity index (χ1n) is 5.87. The van der Waals surface area contributed by atoms with Gasteiger partial charge in [0.1, 0.15) is 0 Å². The summed E-state index contributed by atoms with van der Waals surface area (Å²) in [6.07, 6.45) is 2.48. The van der Waals surface area contributed by atoms with Gasteiger partial charge in [0.05, 0.1) is 5.69 Å². The maximum absolute atomic E-state index is 4.40. The highest BCUT2D eigenvalue weighted by Crippen LogP contribution is 2.23. The average molecular weight is 207 g/mol. The van der Waals surface area contributed by atoms with Gasteiger partial charge in [0.25, 0.3) is 0 Å². The smallest absolute Gasteiger partial charge is 0.0596 e. The van der Waals surface area contributed by atoms with Crippen LogP contribution in [0.1, 0.15) is 24.7 Å². The molecule has 0 aromatic carbocycles. The van der Waals surface area contributed by atoms with Gasteiger partial charge in [0.15, 0.2) is 0 Å². The summed E-state index contributed by atoms with van der Waals surface area (Å²) >= 11 is 0. The van der Waals surface area contributed by atoms with E-state index in [0.29, 0.717) is 0 Å². The average Bonchev–Trinajstić information content (AvgIpc) is 2.49. The molecule has 84 valence electrons. The molecule has 0 saturated carbocycles. The third kappa shape index (κ3) is 2.40. The third-order valence-electron chi connectivity index (χ3n) is 3.53. The van der Waals surface area contributed by atoms with Crippen LogP contribution in [0.3, 0.4) is 0 Å². The Morgan fingerprint density at radius 3 is 3.00 bits per heavy atom. The van der Waals surface area contributed by atoms with E-state index in [2.05, 4.69) is 30.3 Å². The minimum absolute atomic E-state index is 0.786. The predicted octanol–water partition coefficient (Wildman–Crippen LogP) is 1.52. The van der Waals surface area contributed by atoms with Gasteiger partial charge >= 0.3 is 0 Å². The van der Waals surface area contributed by atoms with Crippen molar-refractivity contribution in [2.45, 2.75) is 26.7 Å². The fourth-order valence-electron chi connectivity index (χ4n) is 2.50. The molecule has 2 rings (SSSR count). The minimum Gasteiger partial charge on any atom is -0.316 e. The molecule has 0 spiro atoms. The van der Waals surface area contributed by atoms with E-state index < -0.39 is 0 Å². The number of nitrogens with zero attached hydrogens (tertiary/aromatic N) is 2. The summed E-state index contributed by atoms with van der Waals surface area (Å²) < 4.78 is 2.03. The van der Waals surface area contributed by atoms with E-state index in [1.54, 1.807) is 0 Å². The maximum atomic E-state index is 4.40. The molecule has 0 aliphatic carbocycles. The lowest BCUT2D eigenvalue weighted by Gasteiger charge is -2.29. The van der Waals surface area contributed by atoms with Crippen molar-refractivity contribution in [2.24, 2.45) is 18.9 Å².